The van der Waals surface area contributed by atoms with E-state index in [0.717, 1.165) is 37.8 Å². The van der Waals surface area contributed by atoms with Crippen LogP contribution in [0.5, 0.6) is 5.75 Å². The molecule has 1 aromatic carbocycles. The molecule has 21 heavy (non-hydrogen) atoms. The van der Waals surface area contributed by atoms with Gasteiger partial charge in [0.1, 0.15) is 11.3 Å². The van der Waals surface area contributed by atoms with Gasteiger partial charge in [-0.1, -0.05) is 12.8 Å². The SMILES string of the molecule is O=C(O)c1cc(NS(=O)(=O)N2CCCCCC2)ccc1O. The van der Waals surface area contributed by atoms with Gasteiger partial charge in [0.2, 0.25) is 0 Å². The van der Waals surface area contributed by atoms with Crippen LogP contribution in [-0.4, -0.2) is 42.0 Å². The molecule has 1 aliphatic rings. The van der Waals surface area contributed by atoms with Crippen LogP contribution in [0.25, 0.3) is 0 Å². The summed E-state index contributed by atoms with van der Waals surface area (Å²) in [6.07, 6.45) is 3.65. The highest BCUT2D eigenvalue weighted by molar-refractivity contribution is 7.90. The van der Waals surface area contributed by atoms with Crippen molar-refractivity contribution < 1.29 is 23.4 Å². The van der Waals surface area contributed by atoms with Crippen LogP contribution in [0.3, 0.4) is 0 Å². The first-order chi connectivity index (χ1) is 9.90. The number of phenols is 1. The Hall–Kier alpha value is -1.80. The second-order valence-corrected chi connectivity index (χ2v) is 6.63. The number of benzene rings is 1. The highest BCUT2D eigenvalue weighted by Gasteiger charge is 2.23. The smallest absolute Gasteiger partial charge is 0.339 e. The van der Waals surface area contributed by atoms with E-state index in [2.05, 4.69) is 4.72 Å². The van der Waals surface area contributed by atoms with Gasteiger partial charge >= 0.3 is 16.2 Å². The maximum Gasteiger partial charge on any atom is 0.339 e. The third-order valence-corrected chi connectivity index (χ3v) is 4.92. The molecule has 0 radical (unpaired) electrons. The van der Waals surface area contributed by atoms with E-state index in [4.69, 9.17) is 5.11 Å². The molecule has 0 atom stereocenters. The Morgan fingerprint density at radius 2 is 1.76 bits per heavy atom. The van der Waals surface area contributed by atoms with Crippen LogP contribution >= 0.6 is 0 Å². The second kappa shape index (κ2) is 6.31. The summed E-state index contributed by atoms with van der Waals surface area (Å²) in [5, 5.41) is 18.3. The Morgan fingerprint density at radius 3 is 2.33 bits per heavy atom. The maximum absolute atomic E-state index is 12.3. The zero-order valence-corrected chi connectivity index (χ0v) is 12.3. The predicted molar refractivity (Wildman–Crippen MR) is 77.6 cm³/mol. The van der Waals surface area contributed by atoms with Crippen molar-refractivity contribution in [2.45, 2.75) is 25.7 Å². The summed E-state index contributed by atoms with van der Waals surface area (Å²) in [7, 11) is -3.71. The standard InChI is InChI=1S/C13H18N2O5S/c16-12-6-5-10(9-11(12)13(17)18)14-21(19,20)15-7-3-1-2-4-8-15/h5-6,9,14,16H,1-4,7-8H2,(H,17,18). The van der Waals surface area contributed by atoms with Gasteiger partial charge in [0.15, 0.2) is 0 Å². The molecule has 1 fully saturated rings. The second-order valence-electron chi connectivity index (χ2n) is 4.96. The number of rotatable bonds is 4. The van der Waals surface area contributed by atoms with E-state index in [1.165, 1.54) is 10.4 Å². The first-order valence-electron chi connectivity index (χ1n) is 6.74. The van der Waals surface area contributed by atoms with Crippen LogP contribution < -0.4 is 4.72 Å². The van der Waals surface area contributed by atoms with Gasteiger partial charge in [-0.2, -0.15) is 12.7 Å². The van der Waals surface area contributed by atoms with Gasteiger partial charge in [0, 0.05) is 13.1 Å². The molecule has 1 aliphatic heterocycles. The number of aromatic hydroxyl groups is 1. The zero-order chi connectivity index (χ0) is 15.5. The molecule has 1 heterocycles. The Bertz CT molecular complexity index is 621. The van der Waals surface area contributed by atoms with Gasteiger partial charge in [0.25, 0.3) is 0 Å². The molecule has 0 spiro atoms. The van der Waals surface area contributed by atoms with Crippen molar-refractivity contribution in [1.82, 2.24) is 4.31 Å². The van der Waals surface area contributed by atoms with Crippen LogP contribution in [0.15, 0.2) is 18.2 Å². The molecular formula is C13H18N2O5S. The summed E-state index contributed by atoms with van der Waals surface area (Å²) < 4.78 is 28.3. The first kappa shape index (κ1) is 15.6. The molecule has 0 unspecified atom stereocenters. The quantitative estimate of drug-likeness (QED) is 0.732. The molecule has 0 aliphatic carbocycles. The average Bonchev–Trinajstić information content (AvgIpc) is 2.70. The molecule has 0 amide bonds. The topological polar surface area (TPSA) is 107 Å². The molecule has 0 aromatic heterocycles. The molecule has 0 saturated carbocycles. The number of carboxylic acid groups (broad SMARTS) is 1. The van der Waals surface area contributed by atoms with Gasteiger partial charge in [-0.3, -0.25) is 4.72 Å². The fourth-order valence-corrected chi connectivity index (χ4v) is 3.56. The van der Waals surface area contributed by atoms with E-state index in [1.54, 1.807) is 0 Å². The summed E-state index contributed by atoms with van der Waals surface area (Å²) in [6, 6.07) is 3.59. The van der Waals surface area contributed by atoms with Gasteiger partial charge in [-0.15, -0.1) is 0 Å². The van der Waals surface area contributed by atoms with Gasteiger partial charge in [-0.05, 0) is 31.0 Å². The number of aromatic carboxylic acids is 1. The van der Waals surface area contributed by atoms with E-state index in [1.807, 2.05) is 0 Å². The summed E-state index contributed by atoms with van der Waals surface area (Å²) in [6.45, 7) is 0.915. The highest BCUT2D eigenvalue weighted by Crippen LogP contribution is 2.23. The van der Waals surface area contributed by atoms with E-state index in [0.29, 0.717) is 13.1 Å². The van der Waals surface area contributed by atoms with Crippen molar-refractivity contribution in [3.8, 4) is 5.75 Å². The van der Waals surface area contributed by atoms with E-state index in [-0.39, 0.29) is 11.3 Å². The molecule has 3 N–H and O–H groups in total. The summed E-state index contributed by atoms with van der Waals surface area (Å²) >= 11 is 0. The minimum atomic E-state index is -3.71. The Morgan fingerprint density at radius 1 is 1.14 bits per heavy atom. The Balaban J connectivity index is 2.20. The molecule has 116 valence electrons. The van der Waals surface area contributed by atoms with E-state index in [9.17, 15) is 18.3 Å². The van der Waals surface area contributed by atoms with Crippen molar-refractivity contribution in [3.63, 3.8) is 0 Å². The highest BCUT2D eigenvalue weighted by atomic mass is 32.2. The van der Waals surface area contributed by atoms with Crippen LogP contribution in [0, 0.1) is 0 Å². The van der Waals surface area contributed by atoms with Crippen molar-refractivity contribution in [3.05, 3.63) is 23.8 Å². The molecule has 2 rings (SSSR count). The Kier molecular flexibility index (Phi) is 4.69. The fourth-order valence-electron chi connectivity index (χ4n) is 2.27. The fraction of sp³-hybridized carbons (Fsp3) is 0.462. The number of nitrogens with zero attached hydrogens (tertiary/aromatic N) is 1. The third-order valence-electron chi connectivity index (χ3n) is 3.38. The van der Waals surface area contributed by atoms with Gasteiger partial charge in [0.05, 0.1) is 5.69 Å². The lowest BCUT2D eigenvalue weighted by atomic mass is 10.2. The predicted octanol–water partition coefficient (Wildman–Crippen LogP) is 1.62. The molecule has 0 bridgehead atoms. The lowest BCUT2D eigenvalue weighted by Crippen LogP contribution is -2.36. The number of nitrogens with one attached hydrogen (secondary N) is 1. The van der Waals surface area contributed by atoms with Crippen molar-refractivity contribution >= 4 is 21.9 Å². The minimum absolute atomic E-state index is 0.120. The maximum atomic E-state index is 12.3. The van der Waals surface area contributed by atoms with E-state index >= 15 is 0 Å². The van der Waals surface area contributed by atoms with Crippen LogP contribution in [0.4, 0.5) is 5.69 Å². The number of carbonyl (C=O) groups is 1. The van der Waals surface area contributed by atoms with Crippen LogP contribution in [0.1, 0.15) is 36.0 Å². The lowest BCUT2D eigenvalue weighted by molar-refractivity contribution is 0.0693. The number of hydrogen-bond acceptors (Lipinski definition) is 4. The largest absolute Gasteiger partial charge is 0.507 e. The number of anilines is 1. The molecule has 7 nitrogen and oxygen atoms in total. The molecule has 8 heteroatoms. The zero-order valence-electron chi connectivity index (χ0n) is 11.4. The lowest BCUT2D eigenvalue weighted by Gasteiger charge is -2.21. The normalized spacial score (nSPS) is 17.1. The summed E-state index contributed by atoms with van der Waals surface area (Å²) in [5.41, 5.74) is -0.222. The number of carboxylic acids is 1. The van der Waals surface area contributed by atoms with Crippen molar-refractivity contribution in [1.29, 1.82) is 0 Å². The van der Waals surface area contributed by atoms with Crippen LogP contribution in [0.2, 0.25) is 0 Å². The summed E-state index contributed by atoms with van der Waals surface area (Å²) in [5.74, 6) is -1.72. The van der Waals surface area contributed by atoms with Crippen LogP contribution in [-0.2, 0) is 10.2 Å². The first-order valence-corrected chi connectivity index (χ1v) is 8.18. The van der Waals surface area contributed by atoms with Gasteiger partial charge in [-0.25, -0.2) is 4.79 Å². The average molecular weight is 314 g/mol. The minimum Gasteiger partial charge on any atom is -0.507 e. The third kappa shape index (κ3) is 3.85. The van der Waals surface area contributed by atoms with E-state index < -0.39 is 21.9 Å². The van der Waals surface area contributed by atoms with Gasteiger partial charge < -0.3 is 10.2 Å². The Labute approximate surface area is 123 Å². The van der Waals surface area contributed by atoms with Crippen molar-refractivity contribution in [2.75, 3.05) is 17.8 Å². The number of hydrogen-bond donors (Lipinski definition) is 3. The molecule has 1 aromatic rings. The van der Waals surface area contributed by atoms with Crippen molar-refractivity contribution in [2.24, 2.45) is 0 Å². The molecule has 1 saturated heterocycles. The summed E-state index contributed by atoms with van der Waals surface area (Å²) in [4.78, 5) is 10.9. The monoisotopic (exact) mass is 314 g/mol. The molecular weight excluding hydrogens is 296 g/mol.